The number of ether oxygens (including phenoxy) is 2. The maximum atomic E-state index is 14.5. The van der Waals surface area contributed by atoms with Gasteiger partial charge < -0.3 is 9.47 Å². The highest BCUT2D eigenvalue weighted by atomic mass is 19.2. The molecule has 0 N–H and O–H groups in total. The molecule has 2 unspecified atom stereocenters. The van der Waals surface area contributed by atoms with Gasteiger partial charge in [-0.1, -0.05) is 31.6 Å². The first-order chi connectivity index (χ1) is 13.6. The Labute approximate surface area is 168 Å². The fourth-order valence-electron chi connectivity index (χ4n) is 4.70. The van der Waals surface area contributed by atoms with Crippen molar-refractivity contribution in [2.45, 2.75) is 77.2 Å². The molecular weight excluding hydrogens is 358 g/mol. The van der Waals surface area contributed by atoms with Crippen molar-refractivity contribution >= 4 is 0 Å². The van der Waals surface area contributed by atoms with Gasteiger partial charge in [0.05, 0.1) is 19.3 Å². The quantitative estimate of drug-likeness (QED) is 0.476. The van der Waals surface area contributed by atoms with E-state index < -0.39 is 11.6 Å². The third-order valence-electron chi connectivity index (χ3n) is 6.32. The normalized spacial score (nSPS) is 28.6. The minimum absolute atomic E-state index is 0.00980. The first-order valence-corrected chi connectivity index (χ1v) is 11.0. The third-order valence-corrected chi connectivity index (χ3v) is 6.32. The molecule has 2 nitrogen and oxygen atoms in total. The topological polar surface area (TPSA) is 18.5 Å². The van der Waals surface area contributed by atoms with Crippen molar-refractivity contribution in [2.24, 2.45) is 11.8 Å². The summed E-state index contributed by atoms with van der Waals surface area (Å²) in [6, 6.07) is 3.28. The molecule has 0 spiro atoms. The second kappa shape index (κ2) is 10.4. The zero-order chi connectivity index (χ0) is 19.9. The Balaban J connectivity index is 1.51. The lowest BCUT2D eigenvalue weighted by Gasteiger charge is -2.37. The zero-order valence-corrected chi connectivity index (χ0v) is 17.3. The summed E-state index contributed by atoms with van der Waals surface area (Å²) in [4.78, 5) is 0. The Kier molecular flexibility index (Phi) is 7.90. The highest BCUT2D eigenvalue weighted by Crippen LogP contribution is 2.41. The van der Waals surface area contributed by atoms with E-state index in [0.29, 0.717) is 30.1 Å². The summed E-state index contributed by atoms with van der Waals surface area (Å²) in [7, 11) is 0. The van der Waals surface area contributed by atoms with Crippen LogP contribution >= 0.6 is 0 Å². The van der Waals surface area contributed by atoms with E-state index in [1.807, 2.05) is 0 Å². The monoisotopic (exact) mass is 392 g/mol. The standard InChI is InChI=1S/C24H34F2O2/c1-3-5-6-7-17-8-14-21(28-16-17)19-11-9-18(10-12-19)20-13-15-22(27-4-2)24(26)23(20)25/h6-7,13,15,17-19,21H,3-5,8-12,14,16H2,1-2H3. The summed E-state index contributed by atoms with van der Waals surface area (Å²) >= 11 is 0. The molecule has 0 aromatic heterocycles. The van der Waals surface area contributed by atoms with Crippen LogP contribution in [0.4, 0.5) is 8.78 Å². The zero-order valence-electron chi connectivity index (χ0n) is 17.3. The average Bonchev–Trinajstić information content (AvgIpc) is 2.73. The van der Waals surface area contributed by atoms with Crippen molar-refractivity contribution in [1.29, 1.82) is 0 Å². The highest BCUT2D eigenvalue weighted by Gasteiger charge is 2.33. The molecule has 156 valence electrons. The Morgan fingerprint density at radius 3 is 2.46 bits per heavy atom. The van der Waals surface area contributed by atoms with Gasteiger partial charge in [-0.3, -0.25) is 0 Å². The van der Waals surface area contributed by atoms with Crippen LogP contribution in [0.15, 0.2) is 24.3 Å². The largest absolute Gasteiger partial charge is 0.491 e. The number of unbranched alkanes of at least 4 members (excludes halogenated alkanes) is 1. The molecule has 1 aromatic rings. The molecule has 1 saturated carbocycles. The Bertz CT molecular complexity index is 642. The average molecular weight is 393 g/mol. The lowest BCUT2D eigenvalue weighted by molar-refractivity contribution is -0.0471. The van der Waals surface area contributed by atoms with Crippen LogP contribution in [0.1, 0.15) is 76.7 Å². The maximum Gasteiger partial charge on any atom is 0.200 e. The number of rotatable bonds is 7. The molecule has 1 heterocycles. The van der Waals surface area contributed by atoms with E-state index in [2.05, 4.69) is 19.1 Å². The van der Waals surface area contributed by atoms with Crippen molar-refractivity contribution in [2.75, 3.05) is 13.2 Å². The SMILES string of the molecule is CCCC=CC1CCC(C2CCC(c3ccc(OCC)c(F)c3F)CC2)OC1. The molecule has 1 aliphatic heterocycles. The number of hydrogen-bond donors (Lipinski definition) is 0. The van der Waals surface area contributed by atoms with Crippen LogP contribution in [-0.4, -0.2) is 19.3 Å². The van der Waals surface area contributed by atoms with E-state index in [1.165, 1.54) is 12.8 Å². The Morgan fingerprint density at radius 2 is 1.82 bits per heavy atom. The van der Waals surface area contributed by atoms with Crippen LogP contribution in [-0.2, 0) is 4.74 Å². The van der Waals surface area contributed by atoms with Crippen LogP contribution in [0.5, 0.6) is 5.75 Å². The van der Waals surface area contributed by atoms with Crippen molar-refractivity contribution in [1.82, 2.24) is 0 Å². The highest BCUT2D eigenvalue weighted by molar-refractivity contribution is 5.33. The van der Waals surface area contributed by atoms with Gasteiger partial charge in [0.1, 0.15) is 0 Å². The molecule has 1 aromatic carbocycles. The van der Waals surface area contributed by atoms with Gasteiger partial charge in [0, 0.05) is 5.92 Å². The molecule has 3 rings (SSSR count). The van der Waals surface area contributed by atoms with E-state index >= 15 is 0 Å². The van der Waals surface area contributed by atoms with Gasteiger partial charge in [0.2, 0.25) is 5.82 Å². The molecule has 2 atom stereocenters. The van der Waals surface area contributed by atoms with Crippen LogP contribution < -0.4 is 4.74 Å². The van der Waals surface area contributed by atoms with Gasteiger partial charge >= 0.3 is 0 Å². The van der Waals surface area contributed by atoms with Crippen LogP contribution in [0.25, 0.3) is 0 Å². The molecule has 0 radical (unpaired) electrons. The molecule has 0 amide bonds. The van der Waals surface area contributed by atoms with Crippen LogP contribution in [0, 0.1) is 23.5 Å². The van der Waals surface area contributed by atoms with E-state index in [0.717, 1.165) is 45.1 Å². The van der Waals surface area contributed by atoms with Crippen molar-refractivity contribution in [3.05, 3.63) is 41.5 Å². The molecule has 1 aliphatic carbocycles. The summed E-state index contributed by atoms with van der Waals surface area (Å²) in [5, 5.41) is 0. The number of hydrogen-bond acceptors (Lipinski definition) is 2. The predicted octanol–water partition coefficient (Wildman–Crippen LogP) is 6.79. The number of halogens is 2. The molecule has 28 heavy (non-hydrogen) atoms. The lowest BCUT2D eigenvalue weighted by Crippen LogP contribution is -2.33. The van der Waals surface area contributed by atoms with Gasteiger partial charge in [0.25, 0.3) is 0 Å². The van der Waals surface area contributed by atoms with E-state index in [-0.39, 0.29) is 11.7 Å². The van der Waals surface area contributed by atoms with Gasteiger partial charge in [-0.15, -0.1) is 0 Å². The van der Waals surface area contributed by atoms with E-state index in [1.54, 1.807) is 19.1 Å². The summed E-state index contributed by atoms with van der Waals surface area (Å²) in [6.07, 6.45) is 13.4. The summed E-state index contributed by atoms with van der Waals surface area (Å²) in [6.45, 7) is 5.12. The molecule has 2 fully saturated rings. The van der Waals surface area contributed by atoms with Gasteiger partial charge in [-0.05, 0) is 75.3 Å². The minimum Gasteiger partial charge on any atom is -0.491 e. The first kappa shape index (κ1) is 21.3. The molecule has 0 bridgehead atoms. The van der Waals surface area contributed by atoms with Crippen molar-refractivity contribution in [3.8, 4) is 5.75 Å². The van der Waals surface area contributed by atoms with Crippen LogP contribution in [0.2, 0.25) is 0 Å². The van der Waals surface area contributed by atoms with E-state index in [4.69, 9.17) is 9.47 Å². The Morgan fingerprint density at radius 1 is 1.04 bits per heavy atom. The number of allylic oxidation sites excluding steroid dienone is 1. The molecule has 4 heteroatoms. The second-order valence-corrected chi connectivity index (χ2v) is 8.25. The fraction of sp³-hybridized carbons (Fsp3) is 0.667. The third kappa shape index (κ3) is 5.14. The van der Waals surface area contributed by atoms with Gasteiger partial charge in [-0.2, -0.15) is 4.39 Å². The first-order valence-electron chi connectivity index (χ1n) is 11.0. The van der Waals surface area contributed by atoms with Gasteiger partial charge in [0.15, 0.2) is 11.6 Å². The van der Waals surface area contributed by atoms with Gasteiger partial charge in [-0.25, -0.2) is 4.39 Å². The smallest absolute Gasteiger partial charge is 0.200 e. The van der Waals surface area contributed by atoms with E-state index in [9.17, 15) is 8.78 Å². The Hall–Kier alpha value is -1.42. The minimum atomic E-state index is -0.848. The second-order valence-electron chi connectivity index (χ2n) is 8.25. The molecular formula is C24H34F2O2. The fourth-order valence-corrected chi connectivity index (χ4v) is 4.70. The van der Waals surface area contributed by atoms with Crippen LogP contribution in [0.3, 0.4) is 0 Å². The number of benzene rings is 1. The molecule has 1 saturated heterocycles. The summed E-state index contributed by atoms with van der Waals surface area (Å²) in [5.41, 5.74) is 0.505. The van der Waals surface area contributed by atoms with Crippen molar-refractivity contribution in [3.63, 3.8) is 0 Å². The lowest BCUT2D eigenvalue weighted by atomic mass is 9.75. The molecule has 2 aliphatic rings. The maximum absolute atomic E-state index is 14.5. The predicted molar refractivity (Wildman–Crippen MR) is 109 cm³/mol. The summed E-state index contributed by atoms with van der Waals surface area (Å²) in [5.74, 6) is -0.373. The van der Waals surface area contributed by atoms with Crippen molar-refractivity contribution < 1.29 is 18.3 Å². The summed E-state index contributed by atoms with van der Waals surface area (Å²) < 4.78 is 40.0.